The van der Waals surface area contributed by atoms with E-state index in [0.717, 1.165) is 64.2 Å². The van der Waals surface area contributed by atoms with Crippen LogP contribution in [0.25, 0.3) is 0 Å². The number of carbonyl (C=O) groups excluding carboxylic acids is 1. The minimum atomic E-state index is -1.51. The van der Waals surface area contributed by atoms with Crippen molar-refractivity contribution in [1.29, 1.82) is 0 Å². The van der Waals surface area contributed by atoms with Gasteiger partial charge in [-0.25, -0.2) is 0 Å². The molecule has 7 rings (SSSR count). The van der Waals surface area contributed by atoms with E-state index in [4.69, 9.17) is 14.2 Å². The van der Waals surface area contributed by atoms with Crippen LogP contribution in [0.3, 0.4) is 0 Å². The maximum absolute atomic E-state index is 12.3. The van der Waals surface area contributed by atoms with Gasteiger partial charge in [-0.15, -0.1) is 0 Å². The molecule has 0 spiro atoms. The van der Waals surface area contributed by atoms with Crippen LogP contribution in [-0.4, -0.2) is 72.9 Å². The highest BCUT2D eigenvalue weighted by atomic mass is 16.7. The first-order valence-electron chi connectivity index (χ1n) is 20.4. The van der Waals surface area contributed by atoms with Crippen LogP contribution in [0.1, 0.15) is 171 Å². The van der Waals surface area contributed by atoms with Gasteiger partial charge < -0.3 is 50.0 Å². The Kier molecular flexibility index (Phi) is 16.7. The number of unbranched alkanes of at least 4 members (excludes halogenated alkanes) is 2. The number of hydrogen-bond donors (Lipinski definition) is 7. The van der Waals surface area contributed by atoms with E-state index in [-0.39, 0.29) is 53.3 Å². The van der Waals surface area contributed by atoms with E-state index in [2.05, 4.69) is 13.8 Å². The Morgan fingerprint density at radius 2 is 1.11 bits per heavy atom. The molecular weight excluding hydrogens is 692 g/mol. The van der Waals surface area contributed by atoms with Gasteiger partial charge in [-0.2, -0.15) is 0 Å². The van der Waals surface area contributed by atoms with Gasteiger partial charge in [0.05, 0.1) is 12.7 Å². The Labute approximate surface area is 321 Å². The second kappa shape index (κ2) is 20.7. The van der Waals surface area contributed by atoms with Crippen LogP contribution in [-0.2, 0) is 19.0 Å². The lowest BCUT2D eigenvalue weighted by molar-refractivity contribution is -0.288. The molecule has 304 valence electrons. The van der Waals surface area contributed by atoms with Crippen molar-refractivity contribution in [3.63, 3.8) is 0 Å². The largest absolute Gasteiger partial charge is 0.508 e. The summed E-state index contributed by atoms with van der Waals surface area (Å²) in [7, 11) is 0. The molecule has 11 heteroatoms. The summed E-state index contributed by atoms with van der Waals surface area (Å²) in [6.45, 7) is 9.34. The van der Waals surface area contributed by atoms with Gasteiger partial charge in [0.15, 0.2) is 6.29 Å². The van der Waals surface area contributed by atoms with Gasteiger partial charge >= 0.3 is 5.97 Å². The highest BCUT2D eigenvalue weighted by Crippen LogP contribution is 2.46. The lowest BCUT2D eigenvalue weighted by atomic mass is 9.83. The summed E-state index contributed by atoms with van der Waals surface area (Å²) in [6, 6.07) is 6.54. The molecule has 1 aliphatic heterocycles. The fraction of sp³-hybridized carbons (Fsp3) is 0.698. The van der Waals surface area contributed by atoms with Crippen molar-refractivity contribution in [3.8, 4) is 23.0 Å². The molecule has 0 aromatic heterocycles. The number of phenols is 4. The van der Waals surface area contributed by atoms with Crippen LogP contribution < -0.4 is 0 Å². The van der Waals surface area contributed by atoms with Crippen molar-refractivity contribution in [2.75, 3.05) is 6.61 Å². The van der Waals surface area contributed by atoms with Crippen molar-refractivity contribution < 1.29 is 54.8 Å². The summed E-state index contributed by atoms with van der Waals surface area (Å²) in [5.74, 6) is -1.03. The molecule has 11 nitrogen and oxygen atoms in total. The molecule has 10 atom stereocenters. The molecule has 7 N–H and O–H groups in total. The van der Waals surface area contributed by atoms with E-state index in [1.54, 1.807) is 24.3 Å². The summed E-state index contributed by atoms with van der Waals surface area (Å²) in [6.07, 6.45) is 4.27. The minimum absolute atomic E-state index is 0.000759. The zero-order chi connectivity index (χ0) is 39.5. The van der Waals surface area contributed by atoms with Gasteiger partial charge in [0.25, 0.3) is 0 Å². The zero-order valence-corrected chi connectivity index (χ0v) is 33.0. The van der Waals surface area contributed by atoms with Crippen LogP contribution in [0.5, 0.6) is 23.0 Å². The average Bonchev–Trinajstić information content (AvgIpc) is 3.12. The summed E-state index contributed by atoms with van der Waals surface area (Å²) >= 11 is 0. The third-order valence-corrected chi connectivity index (χ3v) is 11.6. The molecular formula is C43H66O11. The molecule has 4 bridgehead atoms. The van der Waals surface area contributed by atoms with E-state index < -0.39 is 42.8 Å². The van der Waals surface area contributed by atoms with Gasteiger partial charge in [-0.3, -0.25) is 4.79 Å². The van der Waals surface area contributed by atoms with E-state index in [9.17, 15) is 40.5 Å². The molecule has 54 heavy (non-hydrogen) atoms. The van der Waals surface area contributed by atoms with E-state index in [0.29, 0.717) is 47.9 Å². The van der Waals surface area contributed by atoms with E-state index in [1.807, 2.05) is 13.8 Å². The predicted molar refractivity (Wildman–Crippen MR) is 205 cm³/mol. The fourth-order valence-electron chi connectivity index (χ4n) is 8.51. The molecule has 1 heterocycles. The highest BCUT2D eigenvalue weighted by Gasteiger charge is 2.41. The van der Waals surface area contributed by atoms with Gasteiger partial charge in [-0.1, -0.05) is 79.1 Å². The maximum Gasteiger partial charge on any atom is 0.303 e. The Balaban J connectivity index is 1.72. The first-order chi connectivity index (χ1) is 25.8. The molecule has 1 fully saturated rings. The molecule has 10 unspecified atom stereocenters. The minimum Gasteiger partial charge on any atom is -0.508 e. The van der Waals surface area contributed by atoms with E-state index >= 15 is 0 Å². The quantitative estimate of drug-likeness (QED) is 0.122. The van der Waals surface area contributed by atoms with Gasteiger partial charge in [0.2, 0.25) is 0 Å². The summed E-state index contributed by atoms with van der Waals surface area (Å²) in [4.78, 5) is 12.3. The number of benzene rings is 2. The van der Waals surface area contributed by atoms with Crippen LogP contribution in [0.15, 0.2) is 24.3 Å². The van der Waals surface area contributed by atoms with E-state index in [1.165, 1.54) is 6.92 Å². The number of carbonyl (C=O) groups is 1. The van der Waals surface area contributed by atoms with Gasteiger partial charge in [-0.05, 0) is 92.0 Å². The molecule has 5 aliphatic rings. The Morgan fingerprint density at radius 3 is 1.56 bits per heavy atom. The molecule has 0 radical (unpaired) electrons. The van der Waals surface area contributed by atoms with Crippen molar-refractivity contribution in [2.45, 2.75) is 173 Å². The van der Waals surface area contributed by atoms with Crippen LogP contribution in [0.2, 0.25) is 0 Å². The number of esters is 1. The monoisotopic (exact) mass is 758 g/mol. The maximum atomic E-state index is 12.3. The topological polar surface area (TPSA) is 186 Å². The number of ether oxygens (including phenoxy) is 3. The van der Waals surface area contributed by atoms with Crippen LogP contribution in [0.4, 0.5) is 0 Å². The smallest absolute Gasteiger partial charge is 0.303 e. The first kappa shape index (κ1) is 43.6. The van der Waals surface area contributed by atoms with Gasteiger partial charge in [0.1, 0.15) is 47.4 Å². The lowest BCUT2D eigenvalue weighted by Crippen LogP contribution is -2.54. The average molecular weight is 759 g/mol. The molecule has 2 aromatic rings. The van der Waals surface area contributed by atoms with Crippen molar-refractivity contribution in [1.82, 2.24) is 0 Å². The number of aliphatic hydroxyl groups is 3. The second-order valence-corrected chi connectivity index (χ2v) is 16.0. The summed E-state index contributed by atoms with van der Waals surface area (Å²) in [5.41, 5.74) is 2.06. The highest BCUT2D eigenvalue weighted by molar-refractivity contribution is 5.66. The van der Waals surface area contributed by atoms with Gasteiger partial charge in [0, 0.05) is 23.6 Å². The normalized spacial score (nSPS) is 30.4. The zero-order valence-electron chi connectivity index (χ0n) is 33.0. The molecule has 4 aliphatic carbocycles. The number of aliphatic hydroxyl groups excluding tert-OH is 3. The molecule has 1 saturated heterocycles. The molecule has 0 saturated carbocycles. The fourth-order valence-corrected chi connectivity index (χ4v) is 8.51. The van der Waals surface area contributed by atoms with Crippen LogP contribution in [0, 0.1) is 11.8 Å². The lowest BCUT2D eigenvalue weighted by Gasteiger charge is -2.38. The van der Waals surface area contributed by atoms with Crippen molar-refractivity contribution >= 4 is 5.97 Å². The Hall–Kier alpha value is -3.09. The number of rotatable bonds is 9. The Bertz CT molecular complexity index is 1430. The second-order valence-electron chi connectivity index (χ2n) is 16.0. The molecule has 2 aromatic carbocycles. The van der Waals surface area contributed by atoms with Crippen molar-refractivity contribution in [3.05, 3.63) is 46.5 Å². The standard InChI is InChI=1S/C43H66O11/c1-6-8-16-28-19-13-11-15-26(4)42(54-43-40(51)39(50)36(49)24-52-43)31-22-34(47)38(35(48)23-31)29(17-9-7-2)18-12-10-14-25(3)41(53-27(5)44)30-20-32(45)37(28)33(46)21-30/h20-23,25-26,28-29,36,39-43,45-51H,6-19,24H2,1-5H3. The SMILES string of the molecule is CCCCC1CCCCC(C)C(OC(C)=O)c2cc(O)c(c(O)c2)C(CCCC)CCCCC(C)C(OC2OCC(O)C(O)C2O)c2cc(O)c1c(O)c2. The molecule has 0 amide bonds. The number of phenolic OH excluding ortho intramolecular Hbond substituents is 4. The summed E-state index contributed by atoms with van der Waals surface area (Å²) in [5, 5.41) is 77.1. The predicted octanol–water partition coefficient (Wildman–Crippen LogP) is 8.26. The summed E-state index contributed by atoms with van der Waals surface area (Å²) < 4.78 is 17.8. The van der Waals surface area contributed by atoms with Crippen LogP contribution >= 0.6 is 0 Å². The first-order valence-corrected chi connectivity index (χ1v) is 20.4. The van der Waals surface area contributed by atoms with Crippen molar-refractivity contribution in [2.24, 2.45) is 11.8 Å². The Morgan fingerprint density at radius 1 is 0.685 bits per heavy atom. The number of hydrogen-bond acceptors (Lipinski definition) is 11. The third-order valence-electron chi connectivity index (χ3n) is 11.6. The number of aromatic hydroxyl groups is 4. The third kappa shape index (κ3) is 11.2.